The molecule has 4 nitrogen and oxygen atoms in total. The van der Waals surface area contributed by atoms with Crippen LogP contribution in [0.3, 0.4) is 0 Å². The van der Waals surface area contributed by atoms with Crippen LogP contribution in [-0.2, 0) is 11.3 Å². The van der Waals surface area contributed by atoms with Gasteiger partial charge in [-0.25, -0.2) is 0 Å². The molecule has 98 valence electrons. The molecule has 0 spiro atoms. The molecule has 0 bridgehead atoms. The highest BCUT2D eigenvalue weighted by Gasteiger charge is 2.24. The molecule has 1 aromatic carbocycles. The topological polar surface area (TPSA) is 72.3 Å². The van der Waals surface area contributed by atoms with Crippen LogP contribution in [0.2, 0.25) is 0 Å². The molecule has 0 atom stereocenters. The second kappa shape index (κ2) is 5.71. The molecule has 0 aromatic heterocycles. The van der Waals surface area contributed by atoms with Crippen molar-refractivity contribution in [3.8, 4) is 0 Å². The molecule has 1 heterocycles. The first kappa shape index (κ1) is 13.4. The molecule has 0 unspecified atom stereocenters. The lowest BCUT2D eigenvalue weighted by Gasteiger charge is -2.33. The summed E-state index contributed by atoms with van der Waals surface area (Å²) in [5, 5.41) is 0. The van der Waals surface area contributed by atoms with E-state index in [0.717, 1.165) is 41.7 Å². The number of carbonyl (C=O) groups excluding carboxylic acids is 1. The van der Waals surface area contributed by atoms with Crippen LogP contribution in [-0.4, -0.2) is 19.0 Å². The van der Waals surface area contributed by atoms with Gasteiger partial charge in [-0.1, -0.05) is 22.0 Å². The van der Waals surface area contributed by atoms with E-state index in [1.807, 2.05) is 12.1 Å². The summed E-state index contributed by atoms with van der Waals surface area (Å²) in [7, 11) is 0. The minimum atomic E-state index is -0.178. The molecule has 0 radical (unpaired) electrons. The molecule has 1 aliphatic rings. The van der Waals surface area contributed by atoms with Gasteiger partial charge < -0.3 is 16.4 Å². The highest BCUT2D eigenvalue weighted by Crippen LogP contribution is 2.30. The largest absolute Gasteiger partial charge is 0.371 e. The van der Waals surface area contributed by atoms with E-state index in [2.05, 4.69) is 26.9 Å². The average molecular weight is 312 g/mol. The summed E-state index contributed by atoms with van der Waals surface area (Å²) >= 11 is 3.53. The van der Waals surface area contributed by atoms with Crippen molar-refractivity contribution >= 4 is 27.5 Å². The monoisotopic (exact) mass is 311 g/mol. The van der Waals surface area contributed by atoms with E-state index < -0.39 is 0 Å². The van der Waals surface area contributed by atoms with E-state index in [-0.39, 0.29) is 11.8 Å². The van der Waals surface area contributed by atoms with Gasteiger partial charge in [-0.2, -0.15) is 0 Å². The van der Waals surface area contributed by atoms with Gasteiger partial charge in [0.2, 0.25) is 5.91 Å². The number of hydrogen-bond donors (Lipinski definition) is 2. The minimum absolute atomic E-state index is 0.0229. The third kappa shape index (κ3) is 2.67. The fourth-order valence-electron chi connectivity index (χ4n) is 2.45. The van der Waals surface area contributed by atoms with Crippen molar-refractivity contribution < 1.29 is 4.79 Å². The van der Waals surface area contributed by atoms with Crippen molar-refractivity contribution in [1.82, 2.24) is 0 Å². The Balaban J connectivity index is 2.14. The molecule has 0 saturated carbocycles. The molecule has 1 saturated heterocycles. The summed E-state index contributed by atoms with van der Waals surface area (Å²) in [6, 6.07) is 6.10. The van der Waals surface area contributed by atoms with Crippen molar-refractivity contribution in [2.24, 2.45) is 17.4 Å². The normalized spacial score (nSPS) is 16.9. The van der Waals surface area contributed by atoms with Crippen LogP contribution in [0.5, 0.6) is 0 Å². The number of amides is 1. The third-order valence-electron chi connectivity index (χ3n) is 3.54. The summed E-state index contributed by atoms with van der Waals surface area (Å²) in [6.45, 7) is 2.22. The van der Waals surface area contributed by atoms with Crippen molar-refractivity contribution in [3.05, 3.63) is 28.2 Å². The smallest absolute Gasteiger partial charge is 0.220 e. The van der Waals surface area contributed by atoms with Gasteiger partial charge in [-0.3, -0.25) is 4.79 Å². The second-order valence-corrected chi connectivity index (χ2v) is 5.46. The Labute approximate surface area is 115 Å². The van der Waals surface area contributed by atoms with Gasteiger partial charge in [0.05, 0.1) is 0 Å². The lowest BCUT2D eigenvalue weighted by atomic mass is 9.95. The number of nitrogens with two attached hydrogens (primary N) is 2. The van der Waals surface area contributed by atoms with Gasteiger partial charge in [-0.05, 0) is 25.0 Å². The van der Waals surface area contributed by atoms with E-state index >= 15 is 0 Å². The average Bonchev–Trinajstić information content (AvgIpc) is 2.38. The highest BCUT2D eigenvalue weighted by molar-refractivity contribution is 9.10. The Morgan fingerprint density at radius 3 is 2.61 bits per heavy atom. The van der Waals surface area contributed by atoms with Crippen LogP contribution >= 0.6 is 15.9 Å². The van der Waals surface area contributed by atoms with Crippen LogP contribution in [0.15, 0.2) is 22.7 Å². The zero-order chi connectivity index (χ0) is 13.1. The predicted octanol–water partition coefficient (Wildman–Crippen LogP) is 1.61. The maximum absolute atomic E-state index is 11.2. The summed E-state index contributed by atoms with van der Waals surface area (Å²) < 4.78 is 1.04. The highest BCUT2D eigenvalue weighted by atomic mass is 79.9. The number of primary amides is 1. The standard InChI is InChI=1S/C13H18BrN3O/c14-11-2-1-3-12(10(11)8-15)17-6-4-9(5-7-17)13(16)18/h1-3,9H,4-8,15H2,(H2,16,18). The van der Waals surface area contributed by atoms with Gasteiger partial charge in [-0.15, -0.1) is 0 Å². The maximum Gasteiger partial charge on any atom is 0.220 e. The van der Waals surface area contributed by atoms with E-state index in [1.54, 1.807) is 0 Å². The number of piperidine rings is 1. The molecule has 2 rings (SSSR count). The van der Waals surface area contributed by atoms with Crippen LogP contribution < -0.4 is 16.4 Å². The zero-order valence-electron chi connectivity index (χ0n) is 10.2. The Kier molecular flexibility index (Phi) is 4.24. The van der Waals surface area contributed by atoms with E-state index in [9.17, 15) is 4.79 Å². The van der Waals surface area contributed by atoms with Crippen LogP contribution in [0, 0.1) is 5.92 Å². The van der Waals surface area contributed by atoms with Gasteiger partial charge in [0.1, 0.15) is 0 Å². The zero-order valence-corrected chi connectivity index (χ0v) is 11.8. The molecule has 1 aromatic rings. The van der Waals surface area contributed by atoms with Crippen molar-refractivity contribution in [1.29, 1.82) is 0 Å². The van der Waals surface area contributed by atoms with Gasteiger partial charge in [0, 0.05) is 41.3 Å². The molecular weight excluding hydrogens is 294 g/mol. The Morgan fingerprint density at radius 2 is 2.06 bits per heavy atom. The molecule has 5 heteroatoms. The first-order valence-electron chi connectivity index (χ1n) is 6.15. The van der Waals surface area contributed by atoms with Gasteiger partial charge >= 0.3 is 0 Å². The van der Waals surface area contributed by atoms with Gasteiger partial charge in [0.15, 0.2) is 0 Å². The van der Waals surface area contributed by atoms with Gasteiger partial charge in [0.25, 0.3) is 0 Å². The molecule has 4 N–H and O–H groups in total. The van der Waals surface area contributed by atoms with Crippen molar-refractivity contribution in [3.63, 3.8) is 0 Å². The number of anilines is 1. The number of rotatable bonds is 3. The fraction of sp³-hybridized carbons (Fsp3) is 0.462. The second-order valence-electron chi connectivity index (χ2n) is 4.61. The Morgan fingerprint density at radius 1 is 1.39 bits per heavy atom. The predicted molar refractivity (Wildman–Crippen MR) is 76.2 cm³/mol. The number of benzene rings is 1. The Bertz CT molecular complexity index is 442. The van der Waals surface area contributed by atoms with Crippen LogP contribution in [0.1, 0.15) is 18.4 Å². The van der Waals surface area contributed by atoms with Crippen LogP contribution in [0.4, 0.5) is 5.69 Å². The molecule has 1 fully saturated rings. The summed E-state index contributed by atoms with van der Waals surface area (Å²) in [5.41, 5.74) is 13.4. The maximum atomic E-state index is 11.2. The molecule has 18 heavy (non-hydrogen) atoms. The lowest BCUT2D eigenvalue weighted by Crippen LogP contribution is -2.39. The molecule has 1 aliphatic heterocycles. The van der Waals surface area contributed by atoms with Crippen molar-refractivity contribution in [2.75, 3.05) is 18.0 Å². The summed E-state index contributed by atoms with van der Waals surface area (Å²) in [5.74, 6) is -0.155. The third-order valence-corrected chi connectivity index (χ3v) is 4.28. The summed E-state index contributed by atoms with van der Waals surface area (Å²) in [4.78, 5) is 13.4. The van der Waals surface area contributed by atoms with Crippen LogP contribution in [0.25, 0.3) is 0 Å². The molecule has 0 aliphatic carbocycles. The van der Waals surface area contributed by atoms with E-state index in [4.69, 9.17) is 11.5 Å². The molecular formula is C13H18BrN3O. The number of halogens is 1. The molecule has 1 amide bonds. The quantitative estimate of drug-likeness (QED) is 0.890. The fourth-order valence-corrected chi connectivity index (χ4v) is 2.97. The number of hydrogen-bond acceptors (Lipinski definition) is 3. The summed E-state index contributed by atoms with van der Waals surface area (Å²) in [6.07, 6.45) is 1.65. The van der Waals surface area contributed by atoms with E-state index in [1.165, 1.54) is 0 Å². The lowest BCUT2D eigenvalue weighted by molar-refractivity contribution is -0.122. The number of nitrogens with zero attached hydrogens (tertiary/aromatic N) is 1. The minimum Gasteiger partial charge on any atom is -0.371 e. The SMILES string of the molecule is NCc1c(Br)cccc1N1CCC(C(N)=O)CC1. The Hall–Kier alpha value is -1.07. The van der Waals surface area contributed by atoms with Crippen molar-refractivity contribution in [2.45, 2.75) is 19.4 Å². The first-order valence-corrected chi connectivity index (χ1v) is 6.94. The number of carbonyl (C=O) groups is 1. The first-order chi connectivity index (χ1) is 8.63. The van der Waals surface area contributed by atoms with E-state index in [0.29, 0.717) is 6.54 Å².